The number of benzene rings is 1. The normalized spacial score (nSPS) is 11.2. The molecule has 0 spiro atoms. The molecule has 0 fully saturated rings. The van der Waals surface area contributed by atoms with Crippen molar-refractivity contribution in [1.29, 1.82) is 0 Å². The summed E-state index contributed by atoms with van der Waals surface area (Å²) in [6, 6.07) is 8.32. The third kappa shape index (κ3) is 4.41. The number of rotatable bonds is 8. The molecular formula is C17H25N3O. The Kier molecular flexibility index (Phi) is 5.96. The van der Waals surface area contributed by atoms with E-state index in [1.807, 2.05) is 12.3 Å². The Bertz CT molecular complexity index is 569. The summed E-state index contributed by atoms with van der Waals surface area (Å²) in [6.45, 7) is 5.62. The van der Waals surface area contributed by atoms with Crippen LogP contribution in [0.4, 0.5) is 0 Å². The van der Waals surface area contributed by atoms with Gasteiger partial charge in [-0.2, -0.15) is 0 Å². The molecule has 21 heavy (non-hydrogen) atoms. The molecule has 2 rings (SSSR count). The van der Waals surface area contributed by atoms with Gasteiger partial charge < -0.3 is 15.0 Å². The monoisotopic (exact) mass is 287 g/mol. The minimum absolute atomic E-state index is 0.696. The van der Waals surface area contributed by atoms with Crippen LogP contribution in [0.1, 0.15) is 18.9 Å². The Morgan fingerprint density at radius 3 is 2.67 bits per heavy atom. The average molecular weight is 287 g/mol. The third-order valence-electron chi connectivity index (χ3n) is 3.39. The largest absolute Gasteiger partial charge is 0.477 e. The molecule has 114 valence electrons. The Morgan fingerprint density at radius 1 is 1.19 bits per heavy atom. The zero-order chi connectivity index (χ0) is 15.1. The summed E-state index contributed by atoms with van der Waals surface area (Å²) in [6.07, 6.45) is 2.93. The number of hydrogen-bond donors (Lipinski definition) is 1. The van der Waals surface area contributed by atoms with Gasteiger partial charge in [-0.05, 0) is 44.1 Å². The first kappa shape index (κ1) is 15.7. The number of nitrogens with one attached hydrogen (secondary N) is 1. The van der Waals surface area contributed by atoms with Gasteiger partial charge in [0.25, 0.3) is 0 Å². The first-order valence-electron chi connectivity index (χ1n) is 7.57. The van der Waals surface area contributed by atoms with Crippen molar-refractivity contribution in [3.05, 3.63) is 36.0 Å². The van der Waals surface area contributed by atoms with Gasteiger partial charge in [0.2, 0.25) is 5.88 Å². The number of ether oxygens (including phenoxy) is 1. The van der Waals surface area contributed by atoms with E-state index in [2.05, 4.69) is 54.4 Å². The van der Waals surface area contributed by atoms with Gasteiger partial charge in [-0.1, -0.05) is 25.1 Å². The Labute approximate surface area is 127 Å². The standard InChI is InChI=1S/C17H25N3O/c1-4-18-12-14-13-19-17(21-11-7-10-20(2)3)16-9-6-5-8-15(14)16/h5-6,8-9,13,18H,4,7,10-12H2,1-3H3. The van der Waals surface area contributed by atoms with E-state index in [1.165, 1.54) is 10.9 Å². The lowest BCUT2D eigenvalue weighted by molar-refractivity contribution is 0.276. The van der Waals surface area contributed by atoms with Crippen molar-refractivity contribution >= 4 is 10.8 Å². The Balaban J connectivity index is 2.13. The van der Waals surface area contributed by atoms with Crippen LogP contribution >= 0.6 is 0 Å². The fourth-order valence-corrected chi connectivity index (χ4v) is 2.29. The molecular weight excluding hydrogens is 262 g/mol. The zero-order valence-electron chi connectivity index (χ0n) is 13.2. The average Bonchev–Trinajstić information content (AvgIpc) is 2.50. The van der Waals surface area contributed by atoms with E-state index in [-0.39, 0.29) is 0 Å². The molecule has 0 saturated heterocycles. The van der Waals surface area contributed by atoms with Gasteiger partial charge in [-0.25, -0.2) is 4.98 Å². The molecule has 0 unspecified atom stereocenters. The minimum atomic E-state index is 0.696. The molecule has 0 amide bonds. The Morgan fingerprint density at radius 2 is 1.95 bits per heavy atom. The highest BCUT2D eigenvalue weighted by molar-refractivity contribution is 5.89. The Hall–Kier alpha value is -1.65. The number of nitrogens with zero attached hydrogens (tertiary/aromatic N) is 2. The van der Waals surface area contributed by atoms with Gasteiger partial charge in [0.05, 0.1) is 6.61 Å². The van der Waals surface area contributed by atoms with Crippen molar-refractivity contribution in [3.63, 3.8) is 0 Å². The molecule has 1 N–H and O–H groups in total. The zero-order valence-corrected chi connectivity index (χ0v) is 13.2. The molecule has 0 radical (unpaired) electrons. The fourth-order valence-electron chi connectivity index (χ4n) is 2.29. The number of pyridine rings is 1. The molecule has 0 atom stereocenters. The van der Waals surface area contributed by atoms with E-state index < -0.39 is 0 Å². The van der Waals surface area contributed by atoms with Gasteiger partial charge in [-0.3, -0.25) is 0 Å². The summed E-state index contributed by atoms with van der Waals surface area (Å²) in [7, 11) is 4.15. The molecule has 2 aromatic rings. The molecule has 1 aromatic heterocycles. The second-order valence-corrected chi connectivity index (χ2v) is 5.42. The highest BCUT2D eigenvalue weighted by Crippen LogP contribution is 2.26. The van der Waals surface area contributed by atoms with Gasteiger partial charge in [0.1, 0.15) is 0 Å². The van der Waals surface area contributed by atoms with Crippen molar-refractivity contribution in [1.82, 2.24) is 15.2 Å². The van der Waals surface area contributed by atoms with Crippen molar-refractivity contribution in [2.75, 3.05) is 33.8 Å². The second-order valence-electron chi connectivity index (χ2n) is 5.42. The van der Waals surface area contributed by atoms with E-state index in [9.17, 15) is 0 Å². The topological polar surface area (TPSA) is 37.4 Å². The van der Waals surface area contributed by atoms with Gasteiger partial charge in [0.15, 0.2) is 0 Å². The summed E-state index contributed by atoms with van der Waals surface area (Å²) < 4.78 is 5.87. The van der Waals surface area contributed by atoms with Crippen LogP contribution in [0.3, 0.4) is 0 Å². The van der Waals surface area contributed by atoms with Crippen LogP contribution in [0, 0.1) is 0 Å². The maximum absolute atomic E-state index is 5.87. The van der Waals surface area contributed by atoms with Crippen molar-refractivity contribution in [2.45, 2.75) is 19.9 Å². The lowest BCUT2D eigenvalue weighted by Gasteiger charge is -2.13. The van der Waals surface area contributed by atoms with Crippen LogP contribution in [-0.4, -0.2) is 43.7 Å². The smallest absolute Gasteiger partial charge is 0.221 e. The molecule has 4 heteroatoms. The minimum Gasteiger partial charge on any atom is -0.477 e. The molecule has 4 nitrogen and oxygen atoms in total. The van der Waals surface area contributed by atoms with Gasteiger partial charge >= 0.3 is 0 Å². The highest BCUT2D eigenvalue weighted by atomic mass is 16.5. The molecule has 0 aliphatic rings. The van der Waals surface area contributed by atoms with E-state index >= 15 is 0 Å². The number of hydrogen-bond acceptors (Lipinski definition) is 4. The van der Waals surface area contributed by atoms with Crippen LogP contribution < -0.4 is 10.1 Å². The van der Waals surface area contributed by atoms with E-state index in [1.54, 1.807) is 0 Å². The number of aromatic nitrogens is 1. The first-order valence-corrected chi connectivity index (χ1v) is 7.57. The molecule has 0 bridgehead atoms. The molecule has 1 heterocycles. The van der Waals surface area contributed by atoms with E-state index in [4.69, 9.17) is 4.74 Å². The second kappa shape index (κ2) is 7.96. The maximum Gasteiger partial charge on any atom is 0.221 e. The van der Waals surface area contributed by atoms with Crippen LogP contribution in [0.25, 0.3) is 10.8 Å². The van der Waals surface area contributed by atoms with Crippen LogP contribution in [0.5, 0.6) is 5.88 Å². The van der Waals surface area contributed by atoms with Gasteiger partial charge in [-0.15, -0.1) is 0 Å². The summed E-state index contributed by atoms with van der Waals surface area (Å²) >= 11 is 0. The van der Waals surface area contributed by atoms with Crippen molar-refractivity contribution in [2.24, 2.45) is 0 Å². The first-order chi connectivity index (χ1) is 10.2. The number of fused-ring (bicyclic) bond motifs is 1. The summed E-state index contributed by atoms with van der Waals surface area (Å²) in [5.74, 6) is 0.740. The summed E-state index contributed by atoms with van der Waals surface area (Å²) in [4.78, 5) is 6.66. The fraction of sp³-hybridized carbons (Fsp3) is 0.471. The molecule has 0 saturated carbocycles. The lowest BCUT2D eigenvalue weighted by Crippen LogP contribution is -2.16. The van der Waals surface area contributed by atoms with Crippen LogP contribution in [-0.2, 0) is 6.54 Å². The lowest BCUT2D eigenvalue weighted by atomic mass is 10.1. The molecule has 1 aromatic carbocycles. The quantitative estimate of drug-likeness (QED) is 0.758. The van der Waals surface area contributed by atoms with Crippen LogP contribution in [0.15, 0.2) is 30.5 Å². The van der Waals surface area contributed by atoms with E-state index in [0.29, 0.717) is 6.61 Å². The highest BCUT2D eigenvalue weighted by Gasteiger charge is 2.07. The predicted octanol–water partition coefficient (Wildman–Crippen LogP) is 2.67. The molecule has 0 aliphatic heterocycles. The summed E-state index contributed by atoms with van der Waals surface area (Å²) in [5.41, 5.74) is 1.22. The van der Waals surface area contributed by atoms with E-state index in [0.717, 1.165) is 37.3 Å². The molecule has 0 aliphatic carbocycles. The van der Waals surface area contributed by atoms with Crippen LogP contribution in [0.2, 0.25) is 0 Å². The van der Waals surface area contributed by atoms with Crippen molar-refractivity contribution < 1.29 is 4.74 Å². The summed E-state index contributed by atoms with van der Waals surface area (Å²) in [5, 5.41) is 5.67. The SMILES string of the molecule is CCNCc1cnc(OCCCN(C)C)c2ccccc12. The van der Waals surface area contributed by atoms with Gasteiger partial charge in [0, 0.05) is 24.7 Å². The maximum atomic E-state index is 5.87. The van der Waals surface area contributed by atoms with Crippen molar-refractivity contribution in [3.8, 4) is 5.88 Å². The third-order valence-corrected chi connectivity index (χ3v) is 3.39. The predicted molar refractivity (Wildman–Crippen MR) is 87.8 cm³/mol.